The Morgan fingerprint density at radius 1 is 1.00 bits per heavy atom. The van der Waals surface area contributed by atoms with Gasteiger partial charge in [-0.05, 0) is 12.1 Å². The number of hydrogen-bond acceptors (Lipinski definition) is 4. The zero-order valence-electron chi connectivity index (χ0n) is 12.2. The molecule has 112 valence electrons. The number of aromatic nitrogens is 3. The highest BCUT2D eigenvalue weighted by atomic mass is 16.5. The van der Waals surface area contributed by atoms with Crippen LogP contribution < -0.4 is 0 Å². The minimum atomic E-state index is -0.106. The zero-order chi connectivity index (χ0) is 15.6. The first-order chi connectivity index (χ1) is 11.3. The third-order valence-electron chi connectivity index (χ3n) is 3.70. The molecular formula is C18H13N3O2. The molecule has 0 spiro atoms. The fourth-order valence-electron chi connectivity index (χ4n) is 2.61. The maximum Gasteiger partial charge on any atom is 0.228 e. The molecule has 0 fully saturated rings. The summed E-state index contributed by atoms with van der Waals surface area (Å²) >= 11 is 0. The molecule has 4 rings (SSSR count). The summed E-state index contributed by atoms with van der Waals surface area (Å²) < 4.78 is 6.77. The molecule has 0 bridgehead atoms. The highest BCUT2D eigenvalue weighted by Crippen LogP contribution is 2.20. The maximum absolute atomic E-state index is 12.8. The first kappa shape index (κ1) is 13.5. The molecule has 0 amide bonds. The lowest BCUT2D eigenvalue weighted by Gasteiger charge is -2.06. The molecule has 0 radical (unpaired) electrons. The molecule has 2 aromatic carbocycles. The van der Waals surface area contributed by atoms with Crippen LogP contribution in [0.25, 0.3) is 11.0 Å². The van der Waals surface area contributed by atoms with Gasteiger partial charge in [0, 0.05) is 11.6 Å². The van der Waals surface area contributed by atoms with Crippen LogP contribution in [0, 0.1) is 0 Å². The molecule has 2 aromatic heterocycles. The fourth-order valence-corrected chi connectivity index (χ4v) is 2.61. The summed E-state index contributed by atoms with van der Waals surface area (Å²) in [5, 5.41) is 3.94. The molecule has 0 saturated carbocycles. The lowest BCUT2D eigenvalue weighted by atomic mass is 10.1. The van der Waals surface area contributed by atoms with Gasteiger partial charge in [-0.2, -0.15) is 0 Å². The van der Waals surface area contributed by atoms with Crippen LogP contribution in [0.4, 0.5) is 0 Å². The number of ketones is 1. The van der Waals surface area contributed by atoms with Crippen molar-refractivity contribution in [2.24, 2.45) is 0 Å². The van der Waals surface area contributed by atoms with Gasteiger partial charge < -0.3 is 9.09 Å². The van der Waals surface area contributed by atoms with Gasteiger partial charge in [-0.15, -0.1) is 0 Å². The Bertz CT molecular complexity index is 957. The van der Waals surface area contributed by atoms with E-state index >= 15 is 0 Å². The van der Waals surface area contributed by atoms with Crippen LogP contribution in [-0.4, -0.2) is 20.5 Å². The average Bonchev–Trinajstić information content (AvgIpc) is 3.24. The number of carbonyl (C=O) groups excluding carboxylic acids is 1. The Kier molecular flexibility index (Phi) is 3.24. The van der Waals surface area contributed by atoms with E-state index in [1.54, 1.807) is 18.2 Å². The van der Waals surface area contributed by atoms with Crippen molar-refractivity contribution in [3.63, 3.8) is 0 Å². The summed E-state index contributed by atoms with van der Waals surface area (Å²) in [6.45, 7) is 0.435. The highest BCUT2D eigenvalue weighted by molar-refractivity contribution is 6.08. The Labute approximate surface area is 132 Å². The molecule has 0 saturated heterocycles. The molecular weight excluding hydrogens is 290 g/mol. The number of carbonyl (C=O) groups is 1. The van der Waals surface area contributed by atoms with Crippen LogP contribution in [0.2, 0.25) is 0 Å². The van der Waals surface area contributed by atoms with Crippen molar-refractivity contribution in [2.45, 2.75) is 6.54 Å². The number of fused-ring (bicyclic) bond motifs is 1. The topological polar surface area (TPSA) is 60.9 Å². The Hall–Kier alpha value is -3.21. The van der Waals surface area contributed by atoms with Gasteiger partial charge in [0.05, 0.1) is 17.6 Å². The standard InChI is InChI=1S/C18H13N3O2/c22-17(13-6-2-1-3-7-13)18-19-15-8-4-5-9-16(15)21(18)12-14-10-11-23-20-14/h1-11H,12H2. The van der Waals surface area contributed by atoms with E-state index in [-0.39, 0.29) is 5.78 Å². The Balaban J connectivity index is 1.87. The van der Waals surface area contributed by atoms with Crippen LogP contribution in [-0.2, 0) is 6.54 Å². The van der Waals surface area contributed by atoms with E-state index in [2.05, 4.69) is 10.1 Å². The van der Waals surface area contributed by atoms with Crippen molar-refractivity contribution in [3.8, 4) is 0 Å². The second kappa shape index (κ2) is 5.53. The van der Waals surface area contributed by atoms with E-state index in [4.69, 9.17) is 4.52 Å². The molecule has 5 nitrogen and oxygen atoms in total. The van der Waals surface area contributed by atoms with Gasteiger partial charge in [0.1, 0.15) is 12.0 Å². The summed E-state index contributed by atoms with van der Waals surface area (Å²) in [7, 11) is 0. The number of para-hydroxylation sites is 2. The molecule has 0 aliphatic carbocycles. The monoisotopic (exact) mass is 303 g/mol. The van der Waals surface area contributed by atoms with Crippen molar-refractivity contribution in [1.29, 1.82) is 0 Å². The van der Waals surface area contributed by atoms with Crippen molar-refractivity contribution in [1.82, 2.24) is 14.7 Å². The van der Waals surface area contributed by atoms with Gasteiger partial charge in [-0.25, -0.2) is 4.98 Å². The Morgan fingerprint density at radius 2 is 1.78 bits per heavy atom. The van der Waals surface area contributed by atoms with E-state index in [1.165, 1.54) is 6.26 Å². The third-order valence-corrected chi connectivity index (χ3v) is 3.70. The second-order valence-corrected chi connectivity index (χ2v) is 5.20. The fraction of sp³-hybridized carbons (Fsp3) is 0.0556. The van der Waals surface area contributed by atoms with E-state index in [1.807, 2.05) is 47.0 Å². The molecule has 5 heteroatoms. The van der Waals surface area contributed by atoms with Gasteiger partial charge in [0.25, 0.3) is 0 Å². The molecule has 0 aliphatic heterocycles. The molecule has 0 atom stereocenters. The molecule has 0 aliphatic rings. The number of hydrogen-bond donors (Lipinski definition) is 0. The van der Waals surface area contributed by atoms with Crippen molar-refractivity contribution in [3.05, 3.63) is 84.0 Å². The number of benzene rings is 2. The van der Waals surface area contributed by atoms with Crippen LogP contribution >= 0.6 is 0 Å². The van der Waals surface area contributed by atoms with Crippen LogP contribution in [0.5, 0.6) is 0 Å². The van der Waals surface area contributed by atoms with Crippen LogP contribution in [0.1, 0.15) is 21.9 Å². The minimum absolute atomic E-state index is 0.106. The first-order valence-corrected chi connectivity index (χ1v) is 7.27. The molecule has 2 heterocycles. The quantitative estimate of drug-likeness (QED) is 0.543. The summed E-state index contributed by atoms with van der Waals surface area (Å²) in [6, 6.07) is 18.6. The predicted octanol–water partition coefficient (Wildman–Crippen LogP) is 3.30. The smallest absolute Gasteiger partial charge is 0.228 e. The van der Waals surface area contributed by atoms with E-state index < -0.39 is 0 Å². The predicted molar refractivity (Wildman–Crippen MR) is 85.2 cm³/mol. The van der Waals surface area contributed by atoms with Crippen molar-refractivity contribution in [2.75, 3.05) is 0 Å². The minimum Gasteiger partial charge on any atom is -0.364 e. The van der Waals surface area contributed by atoms with Gasteiger partial charge in [0.2, 0.25) is 5.78 Å². The SMILES string of the molecule is O=C(c1ccccc1)c1nc2ccccc2n1Cc1ccon1. The van der Waals surface area contributed by atoms with E-state index in [9.17, 15) is 4.79 Å². The largest absolute Gasteiger partial charge is 0.364 e. The van der Waals surface area contributed by atoms with Crippen LogP contribution in [0.15, 0.2) is 71.4 Å². The summed E-state index contributed by atoms with van der Waals surface area (Å²) in [4.78, 5) is 17.4. The lowest BCUT2D eigenvalue weighted by molar-refractivity contribution is 0.102. The van der Waals surface area contributed by atoms with Crippen LogP contribution in [0.3, 0.4) is 0 Å². The number of nitrogens with zero attached hydrogens (tertiary/aromatic N) is 3. The first-order valence-electron chi connectivity index (χ1n) is 7.27. The van der Waals surface area contributed by atoms with E-state index in [0.29, 0.717) is 17.9 Å². The zero-order valence-corrected chi connectivity index (χ0v) is 12.2. The lowest BCUT2D eigenvalue weighted by Crippen LogP contribution is -2.12. The number of rotatable bonds is 4. The van der Waals surface area contributed by atoms with Gasteiger partial charge >= 0.3 is 0 Å². The normalized spacial score (nSPS) is 11.0. The van der Waals surface area contributed by atoms with Gasteiger partial charge in [-0.3, -0.25) is 4.79 Å². The molecule has 4 aromatic rings. The molecule has 0 N–H and O–H groups in total. The Morgan fingerprint density at radius 3 is 2.57 bits per heavy atom. The van der Waals surface area contributed by atoms with Gasteiger partial charge in [-0.1, -0.05) is 47.6 Å². The number of imidazole rings is 1. The third kappa shape index (κ3) is 2.42. The van der Waals surface area contributed by atoms with Crippen molar-refractivity contribution < 1.29 is 9.32 Å². The average molecular weight is 303 g/mol. The molecule has 0 unspecified atom stereocenters. The van der Waals surface area contributed by atoms with Crippen molar-refractivity contribution >= 4 is 16.8 Å². The maximum atomic E-state index is 12.8. The highest BCUT2D eigenvalue weighted by Gasteiger charge is 2.19. The van der Waals surface area contributed by atoms with E-state index in [0.717, 1.165) is 16.7 Å². The van der Waals surface area contributed by atoms with Gasteiger partial charge in [0.15, 0.2) is 5.82 Å². The summed E-state index contributed by atoms with van der Waals surface area (Å²) in [5.41, 5.74) is 3.05. The molecule has 23 heavy (non-hydrogen) atoms. The second-order valence-electron chi connectivity index (χ2n) is 5.20. The summed E-state index contributed by atoms with van der Waals surface area (Å²) in [6.07, 6.45) is 1.52. The summed E-state index contributed by atoms with van der Waals surface area (Å²) in [5.74, 6) is 0.297.